The molecule has 1 rings (SSSR count). The van der Waals surface area contributed by atoms with Crippen LogP contribution in [0.4, 0.5) is 0 Å². The molecule has 1 heteroatoms. The van der Waals surface area contributed by atoms with Crippen LogP contribution in [0.5, 0.6) is 0 Å². The van der Waals surface area contributed by atoms with Crippen LogP contribution in [0.25, 0.3) is 0 Å². The average Bonchev–Trinajstić information content (AvgIpc) is 2.39. The van der Waals surface area contributed by atoms with Crippen LogP contribution in [-0.4, -0.2) is 12.1 Å². The minimum absolute atomic E-state index is 0.244. The van der Waals surface area contributed by atoms with E-state index >= 15 is 0 Å². The van der Waals surface area contributed by atoms with Gasteiger partial charge in [-0.25, -0.2) is 0 Å². The van der Waals surface area contributed by atoms with Gasteiger partial charge in [0.05, 0.1) is 0 Å². The van der Waals surface area contributed by atoms with Gasteiger partial charge in [0, 0.05) is 12.1 Å². The fraction of sp³-hybridized carbons (Fsp3) is 0.857. The molecule has 0 aromatic heterocycles. The lowest BCUT2D eigenvalue weighted by molar-refractivity contribution is 0.448. The second kappa shape index (κ2) is 6.32. The highest BCUT2D eigenvalue weighted by atomic mass is 14.9. The van der Waals surface area contributed by atoms with E-state index in [1.807, 2.05) is 0 Å². The van der Waals surface area contributed by atoms with Crippen LogP contribution >= 0.6 is 0 Å². The summed E-state index contributed by atoms with van der Waals surface area (Å²) in [6.45, 7) is 7.66. The molecule has 1 aliphatic rings. The Labute approximate surface area is 95.3 Å². The smallest absolute Gasteiger partial charge is 0.0139 e. The third-order valence-electron chi connectivity index (χ3n) is 3.06. The molecule has 0 unspecified atom stereocenters. The zero-order valence-corrected chi connectivity index (χ0v) is 10.7. The summed E-state index contributed by atoms with van der Waals surface area (Å²) in [6.07, 6.45) is 13.3. The van der Waals surface area contributed by atoms with Crippen molar-refractivity contribution in [1.29, 1.82) is 0 Å². The molecule has 1 fully saturated rings. The molecule has 0 atom stereocenters. The largest absolute Gasteiger partial charge is 0.309 e. The van der Waals surface area contributed by atoms with Crippen LogP contribution in [0.2, 0.25) is 0 Å². The molecule has 0 amide bonds. The van der Waals surface area contributed by atoms with Gasteiger partial charge < -0.3 is 5.32 Å². The van der Waals surface area contributed by atoms with E-state index in [0.29, 0.717) is 0 Å². The van der Waals surface area contributed by atoms with E-state index in [9.17, 15) is 0 Å². The minimum atomic E-state index is 0.244. The fourth-order valence-electron chi connectivity index (χ4n) is 2.13. The second-order valence-electron chi connectivity index (χ2n) is 5.81. The Balaban J connectivity index is 2.18. The van der Waals surface area contributed by atoms with E-state index in [4.69, 9.17) is 0 Å². The van der Waals surface area contributed by atoms with Crippen molar-refractivity contribution in [3.63, 3.8) is 0 Å². The van der Waals surface area contributed by atoms with E-state index in [-0.39, 0.29) is 5.54 Å². The number of rotatable bonds is 3. The Morgan fingerprint density at radius 1 is 1.07 bits per heavy atom. The molecule has 0 heterocycles. The summed E-state index contributed by atoms with van der Waals surface area (Å²) in [5.74, 6) is 0.856. The van der Waals surface area contributed by atoms with Crippen molar-refractivity contribution in [2.45, 2.75) is 64.8 Å². The van der Waals surface area contributed by atoms with Gasteiger partial charge in [-0.3, -0.25) is 0 Å². The summed E-state index contributed by atoms with van der Waals surface area (Å²) >= 11 is 0. The van der Waals surface area contributed by atoms with Crippen LogP contribution < -0.4 is 5.32 Å². The zero-order chi connectivity index (χ0) is 11.1. The van der Waals surface area contributed by atoms with Gasteiger partial charge in [-0.05, 0) is 39.5 Å². The lowest BCUT2D eigenvalue weighted by atomic mass is 10.00. The quantitative estimate of drug-likeness (QED) is 0.549. The van der Waals surface area contributed by atoms with Gasteiger partial charge in [-0.2, -0.15) is 0 Å². The maximum atomic E-state index is 3.49. The third kappa shape index (κ3) is 6.72. The first-order valence-corrected chi connectivity index (χ1v) is 6.49. The molecule has 1 saturated carbocycles. The van der Waals surface area contributed by atoms with E-state index in [2.05, 4.69) is 38.2 Å². The maximum Gasteiger partial charge on any atom is 0.0139 e. The summed E-state index contributed by atoms with van der Waals surface area (Å²) in [4.78, 5) is 0. The topological polar surface area (TPSA) is 12.0 Å². The van der Waals surface area contributed by atoms with E-state index in [1.54, 1.807) is 0 Å². The Morgan fingerprint density at radius 3 is 2.20 bits per heavy atom. The number of hydrogen-bond acceptors (Lipinski definition) is 1. The predicted molar refractivity (Wildman–Crippen MR) is 68.1 cm³/mol. The predicted octanol–water partition coefficient (Wildman–Crippen LogP) is 3.90. The molecular weight excluding hydrogens is 182 g/mol. The van der Waals surface area contributed by atoms with Crippen LogP contribution in [-0.2, 0) is 0 Å². The van der Waals surface area contributed by atoms with E-state index in [1.165, 1.54) is 38.5 Å². The Morgan fingerprint density at radius 2 is 1.67 bits per heavy atom. The summed E-state index contributed by atoms with van der Waals surface area (Å²) in [7, 11) is 0. The highest BCUT2D eigenvalue weighted by Gasteiger charge is 2.09. The van der Waals surface area contributed by atoms with Crippen LogP contribution in [0, 0.1) is 5.92 Å². The highest BCUT2D eigenvalue weighted by molar-refractivity contribution is 4.92. The molecule has 88 valence electrons. The monoisotopic (exact) mass is 209 g/mol. The Bertz CT molecular complexity index is 180. The molecule has 0 radical (unpaired) electrons. The molecule has 1 nitrogen and oxygen atoms in total. The minimum Gasteiger partial charge on any atom is -0.309 e. The molecule has 0 aliphatic heterocycles. The number of allylic oxidation sites excluding steroid dienone is 1. The Kier molecular flexibility index (Phi) is 5.38. The summed E-state index contributed by atoms with van der Waals surface area (Å²) in [5, 5.41) is 3.49. The van der Waals surface area contributed by atoms with Gasteiger partial charge in [-0.1, -0.05) is 37.8 Å². The van der Waals surface area contributed by atoms with Crippen molar-refractivity contribution in [3.05, 3.63) is 12.2 Å². The van der Waals surface area contributed by atoms with Gasteiger partial charge in [0.2, 0.25) is 0 Å². The van der Waals surface area contributed by atoms with E-state index in [0.717, 1.165) is 12.5 Å². The van der Waals surface area contributed by atoms with Crippen molar-refractivity contribution < 1.29 is 0 Å². The molecule has 1 N–H and O–H groups in total. The van der Waals surface area contributed by atoms with Gasteiger partial charge >= 0.3 is 0 Å². The standard InChI is InChI=1S/C14H27N/c1-14(2,3)15-12-8-11-13-9-6-4-5-7-10-13/h8,11,13,15H,4-7,9-10,12H2,1-3H3. The van der Waals surface area contributed by atoms with Crippen LogP contribution in [0.15, 0.2) is 12.2 Å². The van der Waals surface area contributed by atoms with Crippen molar-refractivity contribution in [1.82, 2.24) is 5.32 Å². The molecular formula is C14H27N. The molecule has 0 bridgehead atoms. The molecule has 1 aliphatic carbocycles. The molecule has 15 heavy (non-hydrogen) atoms. The van der Waals surface area contributed by atoms with Crippen LogP contribution in [0.1, 0.15) is 59.3 Å². The number of hydrogen-bond donors (Lipinski definition) is 1. The van der Waals surface area contributed by atoms with Gasteiger partial charge in [0.1, 0.15) is 0 Å². The first kappa shape index (κ1) is 12.8. The summed E-state index contributed by atoms with van der Waals surface area (Å²) in [5.41, 5.74) is 0.244. The lowest BCUT2D eigenvalue weighted by Gasteiger charge is -2.19. The Hall–Kier alpha value is -0.300. The first-order valence-electron chi connectivity index (χ1n) is 6.49. The van der Waals surface area contributed by atoms with Crippen molar-refractivity contribution >= 4 is 0 Å². The highest BCUT2D eigenvalue weighted by Crippen LogP contribution is 2.23. The molecule has 0 aromatic rings. The van der Waals surface area contributed by atoms with Crippen LogP contribution in [0.3, 0.4) is 0 Å². The molecule has 0 saturated heterocycles. The second-order valence-corrected chi connectivity index (χ2v) is 5.81. The fourth-order valence-corrected chi connectivity index (χ4v) is 2.13. The van der Waals surface area contributed by atoms with Crippen molar-refractivity contribution in [2.75, 3.05) is 6.54 Å². The van der Waals surface area contributed by atoms with Gasteiger partial charge in [0.15, 0.2) is 0 Å². The van der Waals surface area contributed by atoms with Crippen molar-refractivity contribution in [3.8, 4) is 0 Å². The summed E-state index contributed by atoms with van der Waals surface area (Å²) < 4.78 is 0. The maximum absolute atomic E-state index is 3.49. The van der Waals surface area contributed by atoms with Crippen molar-refractivity contribution in [2.24, 2.45) is 5.92 Å². The molecule has 0 spiro atoms. The first-order chi connectivity index (χ1) is 7.08. The van der Waals surface area contributed by atoms with Gasteiger partial charge in [-0.15, -0.1) is 0 Å². The summed E-state index contributed by atoms with van der Waals surface area (Å²) in [6, 6.07) is 0. The average molecular weight is 209 g/mol. The zero-order valence-electron chi connectivity index (χ0n) is 10.7. The van der Waals surface area contributed by atoms with Gasteiger partial charge in [0.25, 0.3) is 0 Å². The number of nitrogens with one attached hydrogen (secondary N) is 1. The molecule has 0 aromatic carbocycles. The lowest BCUT2D eigenvalue weighted by Crippen LogP contribution is -2.35. The SMILES string of the molecule is CC(C)(C)NCC=CC1CCCCCC1. The van der Waals surface area contributed by atoms with E-state index < -0.39 is 0 Å². The normalized spacial score (nSPS) is 20.7. The third-order valence-corrected chi connectivity index (χ3v) is 3.06.